The van der Waals surface area contributed by atoms with Crippen LogP contribution in [-0.2, 0) is 7.05 Å². The summed E-state index contributed by atoms with van der Waals surface area (Å²) in [5.41, 5.74) is 3.12. The van der Waals surface area contributed by atoms with Crippen molar-refractivity contribution in [1.29, 1.82) is 0 Å². The first-order chi connectivity index (χ1) is 10.5. The molecule has 0 aliphatic heterocycles. The van der Waals surface area contributed by atoms with Crippen molar-refractivity contribution in [3.63, 3.8) is 0 Å². The van der Waals surface area contributed by atoms with Crippen LogP contribution >= 0.6 is 22.9 Å². The minimum atomic E-state index is -0.164. The zero-order chi connectivity index (χ0) is 15.7. The van der Waals surface area contributed by atoms with Gasteiger partial charge in [0, 0.05) is 34.9 Å². The first-order valence-corrected chi connectivity index (χ1v) is 7.94. The smallest absolute Gasteiger partial charge is 0.272 e. The Balaban J connectivity index is 1.83. The highest BCUT2D eigenvalue weighted by Crippen LogP contribution is 2.24. The van der Waals surface area contributed by atoms with Crippen LogP contribution in [0.4, 0.5) is 5.69 Å². The van der Waals surface area contributed by atoms with Gasteiger partial charge in [0.05, 0.1) is 10.7 Å². The molecule has 3 rings (SSSR count). The fourth-order valence-electron chi connectivity index (χ4n) is 2.15. The highest BCUT2D eigenvalue weighted by Gasteiger charge is 2.14. The van der Waals surface area contributed by atoms with Crippen molar-refractivity contribution >= 4 is 34.5 Å². The van der Waals surface area contributed by atoms with E-state index in [0.29, 0.717) is 16.4 Å². The zero-order valence-electron chi connectivity index (χ0n) is 12.1. The lowest BCUT2D eigenvalue weighted by Crippen LogP contribution is -2.15. The number of rotatable bonds is 3. The lowest BCUT2D eigenvalue weighted by atomic mass is 10.2. The molecular weight excluding hydrogens is 318 g/mol. The Morgan fingerprint density at radius 1 is 1.32 bits per heavy atom. The summed E-state index contributed by atoms with van der Waals surface area (Å²) < 4.78 is 1.80. The zero-order valence-corrected chi connectivity index (χ0v) is 13.7. The van der Waals surface area contributed by atoms with Crippen molar-refractivity contribution in [3.8, 4) is 11.3 Å². The Kier molecular flexibility index (Phi) is 4.00. The second-order valence-electron chi connectivity index (χ2n) is 4.94. The molecule has 4 nitrogen and oxygen atoms in total. The molecule has 1 N–H and O–H groups in total. The highest BCUT2D eigenvalue weighted by molar-refractivity contribution is 7.09. The van der Waals surface area contributed by atoms with E-state index in [2.05, 4.69) is 10.3 Å². The first-order valence-electron chi connectivity index (χ1n) is 6.69. The van der Waals surface area contributed by atoms with E-state index in [1.807, 2.05) is 31.6 Å². The maximum Gasteiger partial charge on any atom is 0.272 e. The molecule has 1 amide bonds. The number of thiazole rings is 1. The predicted molar refractivity (Wildman–Crippen MR) is 90.7 cm³/mol. The van der Waals surface area contributed by atoms with Crippen molar-refractivity contribution in [2.45, 2.75) is 6.92 Å². The third kappa shape index (κ3) is 3.05. The lowest BCUT2D eigenvalue weighted by Gasteiger charge is -2.05. The molecule has 0 fully saturated rings. The second kappa shape index (κ2) is 5.94. The fraction of sp³-hybridized carbons (Fsp3) is 0.125. The number of aromatic nitrogens is 2. The van der Waals surface area contributed by atoms with E-state index < -0.39 is 0 Å². The second-order valence-corrected chi connectivity index (χ2v) is 6.44. The molecule has 0 saturated heterocycles. The lowest BCUT2D eigenvalue weighted by molar-refractivity contribution is 0.101. The van der Waals surface area contributed by atoms with Gasteiger partial charge in [-0.25, -0.2) is 4.98 Å². The molecule has 0 radical (unpaired) electrons. The SMILES string of the molecule is Cc1nc(-c2cc(C(=O)Nc3ccc(Cl)cc3)n(C)c2)cs1. The van der Waals surface area contributed by atoms with Crippen LogP contribution in [0.1, 0.15) is 15.5 Å². The van der Waals surface area contributed by atoms with Crippen molar-refractivity contribution in [1.82, 2.24) is 9.55 Å². The molecule has 0 aliphatic carbocycles. The van der Waals surface area contributed by atoms with Gasteiger partial charge < -0.3 is 9.88 Å². The summed E-state index contributed by atoms with van der Waals surface area (Å²) in [5, 5.41) is 6.49. The van der Waals surface area contributed by atoms with Gasteiger partial charge in [0.1, 0.15) is 5.69 Å². The number of hydrogen-bond donors (Lipinski definition) is 1. The average Bonchev–Trinajstić information content (AvgIpc) is 3.07. The number of halogens is 1. The Morgan fingerprint density at radius 2 is 2.05 bits per heavy atom. The summed E-state index contributed by atoms with van der Waals surface area (Å²) in [7, 11) is 1.85. The van der Waals surface area contributed by atoms with Gasteiger partial charge in [0.2, 0.25) is 0 Å². The van der Waals surface area contributed by atoms with E-state index in [-0.39, 0.29) is 5.91 Å². The monoisotopic (exact) mass is 331 g/mol. The molecule has 0 bridgehead atoms. The third-order valence-electron chi connectivity index (χ3n) is 3.25. The van der Waals surface area contributed by atoms with E-state index in [0.717, 1.165) is 16.3 Å². The van der Waals surface area contributed by atoms with Gasteiger partial charge in [-0.15, -0.1) is 11.3 Å². The standard InChI is InChI=1S/C16H14ClN3OS/c1-10-18-14(9-22-10)11-7-15(20(2)8-11)16(21)19-13-5-3-12(17)4-6-13/h3-9H,1-2H3,(H,19,21). The third-order valence-corrected chi connectivity index (χ3v) is 4.28. The van der Waals surface area contributed by atoms with E-state index in [4.69, 9.17) is 11.6 Å². The average molecular weight is 332 g/mol. The Hall–Kier alpha value is -2.11. The number of nitrogens with one attached hydrogen (secondary N) is 1. The van der Waals surface area contributed by atoms with Gasteiger partial charge in [-0.05, 0) is 37.3 Å². The van der Waals surface area contributed by atoms with E-state index in [1.54, 1.807) is 40.2 Å². The van der Waals surface area contributed by atoms with Crippen LogP contribution in [0.5, 0.6) is 0 Å². The molecule has 0 saturated carbocycles. The first kappa shape index (κ1) is 14.8. The summed E-state index contributed by atoms with van der Waals surface area (Å²) in [4.78, 5) is 16.8. The number of aryl methyl sites for hydroxylation is 2. The number of anilines is 1. The van der Waals surface area contributed by atoms with Gasteiger partial charge >= 0.3 is 0 Å². The van der Waals surface area contributed by atoms with Crippen LogP contribution in [0.3, 0.4) is 0 Å². The molecule has 22 heavy (non-hydrogen) atoms. The summed E-state index contributed by atoms with van der Waals surface area (Å²) in [6, 6.07) is 8.87. The van der Waals surface area contributed by atoms with Crippen LogP contribution in [-0.4, -0.2) is 15.5 Å². The minimum Gasteiger partial charge on any atom is -0.346 e. The number of nitrogens with zero attached hydrogens (tertiary/aromatic N) is 2. The van der Waals surface area contributed by atoms with Gasteiger partial charge in [0.25, 0.3) is 5.91 Å². The van der Waals surface area contributed by atoms with Crippen LogP contribution in [0, 0.1) is 6.92 Å². The van der Waals surface area contributed by atoms with E-state index >= 15 is 0 Å². The Bertz CT molecular complexity index is 820. The number of amides is 1. The number of carbonyl (C=O) groups is 1. The largest absolute Gasteiger partial charge is 0.346 e. The minimum absolute atomic E-state index is 0.164. The fourth-order valence-corrected chi connectivity index (χ4v) is 2.90. The Morgan fingerprint density at radius 3 is 2.68 bits per heavy atom. The van der Waals surface area contributed by atoms with Gasteiger partial charge in [-0.2, -0.15) is 0 Å². The molecule has 2 heterocycles. The van der Waals surface area contributed by atoms with E-state index in [1.165, 1.54) is 0 Å². The van der Waals surface area contributed by atoms with Crippen LogP contribution < -0.4 is 5.32 Å². The van der Waals surface area contributed by atoms with Crippen molar-refractivity contribution < 1.29 is 4.79 Å². The van der Waals surface area contributed by atoms with Crippen molar-refractivity contribution in [3.05, 3.63) is 57.6 Å². The quantitative estimate of drug-likeness (QED) is 0.775. The number of benzene rings is 1. The molecule has 3 aromatic rings. The summed E-state index contributed by atoms with van der Waals surface area (Å²) >= 11 is 7.43. The van der Waals surface area contributed by atoms with Gasteiger partial charge in [-0.1, -0.05) is 11.6 Å². The molecule has 6 heteroatoms. The summed E-state index contributed by atoms with van der Waals surface area (Å²) in [5.74, 6) is -0.164. The van der Waals surface area contributed by atoms with Crippen LogP contribution in [0.15, 0.2) is 41.9 Å². The van der Waals surface area contributed by atoms with Crippen molar-refractivity contribution in [2.75, 3.05) is 5.32 Å². The molecule has 0 atom stereocenters. The number of carbonyl (C=O) groups excluding carboxylic acids is 1. The topological polar surface area (TPSA) is 46.9 Å². The van der Waals surface area contributed by atoms with Crippen molar-refractivity contribution in [2.24, 2.45) is 7.05 Å². The van der Waals surface area contributed by atoms with E-state index in [9.17, 15) is 4.79 Å². The maximum absolute atomic E-state index is 12.4. The Labute approximate surface area is 137 Å². The number of hydrogen-bond acceptors (Lipinski definition) is 3. The summed E-state index contributed by atoms with van der Waals surface area (Å²) in [6.07, 6.45) is 1.91. The van der Waals surface area contributed by atoms with Gasteiger partial charge in [-0.3, -0.25) is 4.79 Å². The predicted octanol–water partition coefficient (Wildman–Crippen LogP) is 4.36. The molecule has 112 valence electrons. The molecule has 1 aromatic carbocycles. The van der Waals surface area contributed by atoms with Crippen LogP contribution in [0.25, 0.3) is 11.3 Å². The normalized spacial score (nSPS) is 10.7. The molecule has 2 aromatic heterocycles. The summed E-state index contributed by atoms with van der Waals surface area (Å²) in [6.45, 7) is 1.96. The van der Waals surface area contributed by atoms with Crippen LogP contribution in [0.2, 0.25) is 5.02 Å². The van der Waals surface area contributed by atoms with Gasteiger partial charge in [0.15, 0.2) is 0 Å². The molecule has 0 spiro atoms. The highest BCUT2D eigenvalue weighted by atomic mass is 35.5. The maximum atomic E-state index is 12.4. The molecule has 0 aliphatic rings. The molecule has 0 unspecified atom stereocenters. The molecular formula is C16H14ClN3OS.